The van der Waals surface area contributed by atoms with Gasteiger partial charge < -0.3 is 4.74 Å². The molecule has 0 aliphatic rings. The van der Waals surface area contributed by atoms with Crippen molar-refractivity contribution in [2.24, 2.45) is 0 Å². The van der Waals surface area contributed by atoms with E-state index in [1.807, 2.05) is 18.2 Å². The van der Waals surface area contributed by atoms with Gasteiger partial charge in [-0.1, -0.05) is 40.9 Å². The van der Waals surface area contributed by atoms with E-state index in [4.69, 9.17) is 51.1 Å². The maximum atomic E-state index is 6.48. The normalized spacial score (nSPS) is 12.3. The van der Waals surface area contributed by atoms with Crippen molar-refractivity contribution in [3.05, 3.63) is 60.1 Å². The van der Waals surface area contributed by atoms with Gasteiger partial charge in [0.05, 0.1) is 22.5 Å². The summed E-state index contributed by atoms with van der Waals surface area (Å²) < 4.78 is 6.09. The van der Waals surface area contributed by atoms with Gasteiger partial charge >= 0.3 is 0 Å². The zero-order valence-corrected chi connectivity index (χ0v) is 15.4. The number of hydrogen-bond donors (Lipinski definition) is 0. The van der Waals surface area contributed by atoms with Crippen molar-refractivity contribution in [1.29, 1.82) is 0 Å². The molecule has 1 atom stereocenters. The molecule has 0 saturated carbocycles. The van der Waals surface area contributed by atoms with Crippen molar-refractivity contribution in [2.45, 2.75) is 5.38 Å². The van der Waals surface area contributed by atoms with E-state index in [1.165, 1.54) is 7.11 Å². The van der Waals surface area contributed by atoms with E-state index in [-0.39, 0.29) is 0 Å². The van der Waals surface area contributed by atoms with Gasteiger partial charge in [-0.2, -0.15) is 0 Å². The molecule has 0 heterocycles. The van der Waals surface area contributed by atoms with Gasteiger partial charge in [0.15, 0.2) is 0 Å². The summed E-state index contributed by atoms with van der Waals surface area (Å²) >= 11 is 27.1. The lowest BCUT2D eigenvalue weighted by atomic mass is 10.0. The van der Waals surface area contributed by atoms with Crippen LogP contribution < -0.4 is 4.74 Å². The van der Waals surface area contributed by atoms with Gasteiger partial charge in [-0.25, -0.2) is 0 Å². The van der Waals surface area contributed by atoms with Crippen LogP contribution in [0.3, 0.4) is 0 Å². The second kappa shape index (κ2) is 6.93. The van der Waals surface area contributed by atoms with E-state index in [1.54, 1.807) is 12.1 Å². The monoisotopic (exact) mass is 460 g/mol. The number of ether oxygens (including phenoxy) is 1. The third kappa shape index (κ3) is 3.47. The third-order valence-corrected chi connectivity index (χ3v) is 5.46. The Labute approximate surface area is 151 Å². The average Bonchev–Trinajstić information content (AvgIpc) is 2.43. The summed E-state index contributed by atoms with van der Waals surface area (Å²) in [6, 6.07) is 9.02. The Kier molecular flexibility index (Phi) is 5.71. The maximum absolute atomic E-state index is 6.48. The molecule has 106 valence electrons. The summed E-state index contributed by atoms with van der Waals surface area (Å²) in [5, 5.41) is 1.19. The molecule has 0 fully saturated rings. The average molecular weight is 462 g/mol. The van der Waals surface area contributed by atoms with Crippen LogP contribution in [0, 0.1) is 3.57 Å². The van der Waals surface area contributed by atoms with Gasteiger partial charge in [0, 0.05) is 14.7 Å². The second-order valence-electron chi connectivity index (χ2n) is 4.04. The van der Waals surface area contributed by atoms with Crippen LogP contribution in [0.25, 0.3) is 0 Å². The Bertz CT molecular complexity index is 645. The van der Waals surface area contributed by atoms with Crippen molar-refractivity contribution >= 4 is 69.0 Å². The predicted molar refractivity (Wildman–Crippen MR) is 94.9 cm³/mol. The molecular weight excluding hydrogens is 453 g/mol. The van der Waals surface area contributed by atoms with Crippen LogP contribution in [0.1, 0.15) is 16.5 Å². The predicted octanol–water partition coefficient (Wildman–Crippen LogP) is 6.59. The fraction of sp³-hybridized carbons (Fsp3) is 0.143. The van der Waals surface area contributed by atoms with Crippen molar-refractivity contribution < 1.29 is 4.74 Å². The molecule has 0 N–H and O–H groups in total. The zero-order valence-electron chi connectivity index (χ0n) is 10.3. The molecule has 0 amide bonds. The molecule has 0 spiro atoms. The smallest absolute Gasteiger partial charge is 0.138 e. The van der Waals surface area contributed by atoms with Gasteiger partial charge in [-0.05, 0) is 51.9 Å². The topological polar surface area (TPSA) is 9.23 Å². The highest BCUT2D eigenvalue weighted by Crippen LogP contribution is 2.40. The minimum absolute atomic E-state index is 0.430. The molecular formula is C14H9Cl4IO. The van der Waals surface area contributed by atoms with Gasteiger partial charge in [-0.3, -0.25) is 0 Å². The molecule has 2 aromatic carbocycles. The maximum Gasteiger partial charge on any atom is 0.138 e. The zero-order chi connectivity index (χ0) is 14.9. The minimum atomic E-state index is -0.430. The number of methoxy groups -OCH3 is 1. The lowest BCUT2D eigenvalue weighted by Gasteiger charge is -2.15. The summed E-state index contributed by atoms with van der Waals surface area (Å²) in [6.45, 7) is 0. The lowest BCUT2D eigenvalue weighted by molar-refractivity contribution is 0.415. The van der Waals surface area contributed by atoms with Crippen LogP contribution >= 0.6 is 69.0 Å². The lowest BCUT2D eigenvalue weighted by Crippen LogP contribution is -1.96. The third-order valence-electron chi connectivity index (χ3n) is 2.78. The number of benzene rings is 2. The van der Waals surface area contributed by atoms with Gasteiger partial charge in [-0.15, -0.1) is 11.6 Å². The molecule has 0 bridgehead atoms. The first-order chi connectivity index (χ1) is 9.43. The Morgan fingerprint density at radius 2 is 1.70 bits per heavy atom. The van der Waals surface area contributed by atoms with Crippen molar-refractivity contribution in [3.63, 3.8) is 0 Å². The first-order valence-electron chi connectivity index (χ1n) is 5.56. The Morgan fingerprint density at radius 1 is 1.00 bits per heavy atom. The second-order valence-corrected chi connectivity index (χ2v) is 6.86. The highest BCUT2D eigenvalue weighted by molar-refractivity contribution is 14.1. The summed E-state index contributed by atoms with van der Waals surface area (Å²) in [5.41, 5.74) is 1.58. The molecule has 0 aromatic heterocycles. The van der Waals surface area contributed by atoms with E-state index in [2.05, 4.69) is 22.6 Å². The number of rotatable bonds is 3. The van der Waals surface area contributed by atoms with Crippen LogP contribution in [0.15, 0.2) is 30.3 Å². The molecule has 2 rings (SSSR count). The standard InChI is InChI=1S/C14H9Cl4IO/c1-20-13-6-9(15)8(5-11(13)17)14(18)7-2-3-12(19)10(16)4-7/h2-6,14H,1H3. The number of alkyl halides is 1. The highest BCUT2D eigenvalue weighted by Gasteiger charge is 2.18. The van der Waals surface area contributed by atoms with Crippen molar-refractivity contribution in [2.75, 3.05) is 7.11 Å². The molecule has 20 heavy (non-hydrogen) atoms. The summed E-state index contributed by atoms with van der Waals surface area (Å²) in [6.07, 6.45) is 0. The molecule has 0 aliphatic heterocycles. The SMILES string of the molecule is COc1cc(Cl)c(C(Cl)c2ccc(I)c(Cl)c2)cc1Cl. The van der Waals surface area contributed by atoms with E-state index < -0.39 is 5.38 Å². The molecule has 2 aromatic rings. The highest BCUT2D eigenvalue weighted by atomic mass is 127. The first-order valence-corrected chi connectivity index (χ1v) is 8.21. The largest absolute Gasteiger partial charge is 0.495 e. The number of halogens is 5. The number of hydrogen-bond acceptors (Lipinski definition) is 1. The van der Waals surface area contributed by atoms with Crippen molar-refractivity contribution in [1.82, 2.24) is 0 Å². The quantitative estimate of drug-likeness (QED) is 0.370. The van der Waals surface area contributed by atoms with Gasteiger partial charge in [0.2, 0.25) is 0 Å². The molecule has 0 aliphatic carbocycles. The molecule has 6 heteroatoms. The minimum Gasteiger partial charge on any atom is -0.495 e. The van der Waals surface area contributed by atoms with Crippen LogP contribution in [0.5, 0.6) is 5.75 Å². The summed E-state index contributed by atoms with van der Waals surface area (Å²) in [7, 11) is 1.54. The fourth-order valence-electron chi connectivity index (χ4n) is 1.74. The molecule has 1 unspecified atom stereocenters. The Hall–Kier alpha value is 0.130. The fourth-order valence-corrected chi connectivity index (χ4v) is 3.15. The Morgan fingerprint density at radius 3 is 2.30 bits per heavy atom. The molecule has 0 radical (unpaired) electrons. The van der Waals surface area contributed by atoms with Gasteiger partial charge in [0.25, 0.3) is 0 Å². The van der Waals surface area contributed by atoms with Crippen LogP contribution in [0.2, 0.25) is 15.1 Å². The van der Waals surface area contributed by atoms with E-state index in [9.17, 15) is 0 Å². The van der Waals surface area contributed by atoms with Crippen LogP contribution in [-0.4, -0.2) is 7.11 Å². The van der Waals surface area contributed by atoms with E-state index in [0.717, 1.165) is 14.7 Å². The van der Waals surface area contributed by atoms with Crippen LogP contribution in [0.4, 0.5) is 0 Å². The van der Waals surface area contributed by atoms with E-state index in [0.29, 0.717) is 20.8 Å². The summed E-state index contributed by atoms with van der Waals surface area (Å²) in [5.74, 6) is 0.518. The van der Waals surface area contributed by atoms with Gasteiger partial charge in [0.1, 0.15) is 5.75 Å². The molecule has 1 nitrogen and oxygen atoms in total. The summed E-state index contributed by atoms with van der Waals surface area (Å²) in [4.78, 5) is 0. The Balaban J connectivity index is 2.45. The van der Waals surface area contributed by atoms with Crippen LogP contribution in [-0.2, 0) is 0 Å². The molecule has 0 saturated heterocycles. The van der Waals surface area contributed by atoms with E-state index >= 15 is 0 Å². The van der Waals surface area contributed by atoms with Crippen molar-refractivity contribution in [3.8, 4) is 5.75 Å². The first kappa shape index (κ1) is 16.5.